The Balaban J connectivity index is 1.23. The monoisotopic (exact) mass is 451 g/mol. The minimum absolute atomic E-state index is 0.0303. The largest absolute Gasteiger partial charge is 0.456 e. The maximum Gasteiger partial charge on any atom is 0.306 e. The van der Waals surface area contributed by atoms with E-state index in [0.717, 1.165) is 41.0 Å². The Morgan fingerprint density at radius 2 is 1.81 bits per heavy atom. The number of fused-ring (bicyclic) bond motifs is 2. The number of nitrogens with one attached hydrogen (secondary N) is 1. The summed E-state index contributed by atoms with van der Waals surface area (Å²) in [6, 6.07) is 8.76. The van der Waals surface area contributed by atoms with Crippen LogP contribution in [0, 0.1) is 11.3 Å². The molecule has 8 nitrogen and oxygen atoms in total. The lowest BCUT2D eigenvalue weighted by Gasteiger charge is -2.13. The van der Waals surface area contributed by atoms with E-state index in [2.05, 4.69) is 11.4 Å². The van der Waals surface area contributed by atoms with Gasteiger partial charge in [-0.2, -0.15) is 5.26 Å². The number of amides is 3. The van der Waals surface area contributed by atoms with Crippen LogP contribution in [0.5, 0.6) is 0 Å². The molecule has 2 aliphatic rings. The van der Waals surface area contributed by atoms with Gasteiger partial charge in [0.05, 0.1) is 16.7 Å². The van der Waals surface area contributed by atoms with Crippen LogP contribution in [-0.2, 0) is 27.2 Å². The lowest BCUT2D eigenvalue weighted by Crippen LogP contribution is -2.31. The smallest absolute Gasteiger partial charge is 0.306 e. The topological polar surface area (TPSA) is 117 Å². The summed E-state index contributed by atoms with van der Waals surface area (Å²) < 4.78 is 5.01. The number of aryl methyl sites for hydroxylation is 1. The predicted octanol–water partition coefficient (Wildman–Crippen LogP) is 3.06. The molecule has 1 aliphatic carbocycles. The molecule has 1 aromatic carbocycles. The quantitative estimate of drug-likeness (QED) is 0.511. The van der Waals surface area contributed by atoms with E-state index in [1.807, 2.05) is 0 Å². The fourth-order valence-corrected chi connectivity index (χ4v) is 5.23. The number of esters is 1. The molecule has 0 saturated heterocycles. The molecular weight excluding hydrogens is 430 g/mol. The average Bonchev–Trinajstić information content (AvgIpc) is 3.27. The van der Waals surface area contributed by atoms with Crippen molar-refractivity contribution in [1.29, 1.82) is 5.26 Å². The lowest BCUT2D eigenvalue weighted by atomic mass is 9.96. The number of anilines is 1. The number of ether oxygens (including phenoxy) is 1. The Morgan fingerprint density at radius 3 is 2.50 bits per heavy atom. The standard InChI is InChI=1S/C23H21N3O5S/c24-12-17-14-6-3-4-9-18(14)32-21(17)25-19(27)13-31-20(28)10-5-11-26-22(29)15-7-1-2-8-16(15)23(26)30/h1-2,7-8H,3-6,9-11,13H2,(H,25,27). The van der Waals surface area contributed by atoms with Crippen LogP contribution in [0.3, 0.4) is 0 Å². The number of benzene rings is 1. The molecule has 1 N–H and O–H groups in total. The van der Waals surface area contributed by atoms with Crippen molar-refractivity contribution >= 4 is 40.0 Å². The predicted molar refractivity (Wildman–Crippen MR) is 116 cm³/mol. The lowest BCUT2D eigenvalue weighted by molar-refractivity contribution is -0.147. The summed E-state index contributed by atoms with van der Waals surface area (Å²) >= 11 is 1.41. The van der Waals surface area contributed by atoms with Gasteiger partial charge in [0.2, 0.25) is 0 Å². The maximum absolute atomic E-state index is 12.3. The Hall–Kier alpha value is -3.51. The molecule has 0 radical (unpaired) electrons. The highest BCUT2D eigenvalue weighted by molar-refractivity contribution is 7.16. The van der Waals surface area contributed by atoms with Gasteiger partial charge in [0, 0.05) is 17.8 Å². The van der Waals surface area contributed by atoms with E-state index in [0.29, 0.717) is 21.7 Å². The number of hydrogen-bond acceptors (Lipinski definition) is 7. The van der Waals surface area contributed by atoms with Gasteiger partial charge in [-0.15, -0.1) is 11.3 Å². The average molecular weight is 452 g/mol. The van der Waals surface area contributed by atoms with Gasteiger partial charge in [0.15, 0.2) is 6.61 Å². The summed E-state index contributed by atoms with van der Waals surface area (Å²) in [5.41, 5.74) is 2.25. The van der Waals surface area contributed by atoms with E-state index in [1.54, 1.807) is 24.3 Å². The van der Waals surface area contributed by atoms with Crippen LogP contribution in [-0.4, -0.2) is 41.7 Å². The van der Waals surface area contributed by atoms with E-state index in [4.69, 9.17) is 4.74 Å². The number of carbonyl (C=O) groups is 4. The summed E-state index contributed by atoms with van der Waals surface area (Å²) in [6.45, 7) is -0.362. The molecular formula is C23H21N3O5S. The first-order chi connectivity index (χ1) is 15.5. The number of nitriles is 1. The third kappa shape index (κ3) is 4.27. The second-order valence-corrected chi connectivity index (χ2v) is 8.75. The van der Waals surface area contributed by atoms with Gasteiger partial charge in [-0.25, -0.2) is 0 Å². The molecule has 1 aromatic heterocycles. The Morgan fingerprint density at radius 1 is 1.12 bits per heavy atom. The molecule has 2 aromatic rings. The van der Waals surface area contributed by atoms with E-state index in [9.17, 15) is 24.4 Å². The normalized spacial score (nSPS) is 14.5. The molecule has 32 heavy (non-hydrogen) atoms. The number of rotatable bonds is 7. The van der Waals surface area contributed by atoms with Crippen LogP contribution in [0.1, 0.15) is 62.4 Å². The van der Waals surface area contributed by atoms with Crippen LogP contribution >= 0.6 is 11.3 Å². The fourth-order valence-electron chi connectivity index (χ4n) is 3.98. The van der Waals surface area contributed by atoms with Gasteiger partial charge < -0.3 is 10.1 Å². The Bertz CT molecular complexity index is 1110. The molecule has 0 spiro atoms. The van der Waals surface area contributed by atoms with Crippen molar-refractivity contribution in [1.82, 2.24) is 4.90 Å². The zero-order chi connectivity index (χ0) is 22.7. The summed E-state index contributed by atoms with van der Waals surface area (Å²) in [5.74, 6) is -1.84. The highest BCUT2D eigenvalue weighted by Gasteiger charge is 2.34. The van der Waals surface area contributed by atoms with Crippen LogP contribution in [0.15, 0.2) is 24.3 Å². The maximum atomic E-state index is 12.3. The summed E-state index contributed by atoms with van der Waals surface area (Å²) in [7, 11) is 0. The molecule has 0 fully saturated rings. The molecule has 0 unspecified atom stereocenters. The van der Waals surface area contributed by atoms with Gasteiger partial charge in [0.25, 0.3) is 17.7 Å². The SMILES string of the molecule is N#Cc1c(NC(=O)COC(=O)CCCN2C(=O)c3ccccc3C2=O)sc2c1CCCC2. The van der Waals surface area contributed by atoms with Crippen LogP contribution in [0.25, 0.3) is 0 Å². The molecule has 1 aliphatic heterocycles. The van der Waals surface area contributed by atoms with Crippen molar-refractivity contribution in [2.24, 2.45) is 0 Å². The van der Waals surface area contributed by atoms with Gasteiger partial charge >= 0.3 is 5.97 Å². The number of hydrogen-bond donors (Lipinski definition) is 1. The highest BCUT2D eigenvalue weighted by Crippen LogP contribution is 2.37. The fraction of sp³-hybridized carbons (Fsp3) is 0.348. The van der Waals surface area contributed by atoms with Crippen molar-refractivity contribution in [3.63, 3.8) is 0 Å². The summed E-state index contributed by atoms with van der Waals surface area (Å²) in [5, 5.41) is 12.6. The van der Waals surface area contributed by atoms with Gasteiger partial charge in [0.1, 0.15) is 11.1 Å². The molecule has 9 heteroatoms. The van der Waals surface area contributed by atoms with E-state index in [-0.39, 0.29) is 31.2 Å². The van der Waals surface area contributed by atoms with Crippen LogP contribution in [0.2, 0.25) is 0 Å². The van der Waals surface area contributed by atoms with Crippen LogP contribution < -0.4 is 5.32 Å². The second kappa shape index (κ2) is 9.32. The van der Waals surface area contributed by atoms with Crippen molar-refractivity contribution < 1.29 is 23.9 Å². The first kappa shape index (κ1) is 21.7. The molecule has 0 saturated carbocycles. The zero-order valence-corrected chi connectivity index (χ0v) is 18.1. The van der Waals surface area contributed by atoms with Gasteiger partial charge in [-0.3, -0.25) is 24.1 Å². The van der Waals surface area contributed by atoms with Crippen LogP contribution in [0.4, 0.5) is 5.00 Å². The highest BCUT2D eigenvalue weighted by atomic mass is 32.1. The molecule has 2 heterocycles. The van der Waals surface area contributed by atoms with Crippen molar-refractivity contribution in [3.8, 4) is 6.07 Å². The molecule has 164 valence electrons. The van der Waals surface area contributed by atoms with Crippen molar-refractivity contribution in [3.05, 3.63) is 51.4 Å². The Labute approximate surface area is 188 Å². The summed E-state index contributed by atoms with van der Waals surface area (Å²) in [6.07, 6.45) is 4.06. The van der Waals surface area contributed by atoms with Crippen molar-refractivity contribution in [2.45, 2.75) is 38.5 Å². The minimum Gasteiger partial charge on any atom is -0.456 e. The number of carbonyl (C=O) groups excluding carboxylic acids is 4. The number of nitrogens with zero attached hydrogens (tertiary/aromatic N) is 2. The summed E-state index contributed by atoms with van der Waals surface area (Å²) in [4.78, 5) is 51.1. The Kier molecular flexibility index (Phi) is 6.32. The molecule has 4 rings (SSSR count). The number of imide groups is 1. The van der Waals surface area contributed by atoms with Gasteiger partial charge in [-0.05, 0) is 49.8 Å². The minimum atomic E-state index is -0.595. The third-order valence-electron chi connectivity index (χ3n) is 5.54. The zero-order valence-electron chi connectivity index (χ0n) is 17.3. The van der Waals surface area contributed by atoms with E-state index in [1.165, 1.54) is 11.3 Å². The van der Waals surface area contributed by atoms with Gasteiger partial charge in [-0.1, -0.05) is 12.1 Å². The van der Waals surface area contributed by atoms with E-state index < -0.39 is 18.5 Å². The second-order valence-electron chi connectivity index (χ2n) is 7.65. The molecule has 0 atom stereocenters. The van der Waals surface area contributed by atoms with Crippen molar-refractivity contribution in [2.75, 3.05) is 18.5 Å². The first-order valence-electron chi connectivity index (χ1n) is 10.4. The van der Waals surface area contributed by atoms with E-state index >= 15 is 0 Å². The molecule has 0 bridgehead atoms. The third-order valence-corrected chi connectivity index (χ3v) is 6.75. The first-order valence-corrected chi connectivity index (χ1v) is 11.3. The number of thiophene rings is 1. The molecule has 3 amide bonds.